The minimum absolute atomic E-state index is 0.283. The van der Waals surface area contributed by atoms with Crippen LogP contribution in [0.25, 0.3) is 0 Å². The Hall–Kier alpha value is -2.45. The van der Waals surface area contributed by atoms with Gasteiger partial charge >= 0.3 is 0 Å². The van der Waals surface area contributed by atoms with Crippen LogP contribution in [0.3, 0.4) is 0 Å². The number of hydrogen-bond acceptors (Lipinski definition) is 5. The first-order chi connectivity index (χ1) is 10.5. The van der Waals surface area contributed by atoms with Crippen LogP contribution in [0.4, 0.5) is 5.82 Å². The molecule has 0 saturated carbocycles. The van der Waals surface area contributed by atoms with Crippen LogP contribution in [-0.2, 0) is 6.54 Å². The number of anilines is 1. The lowest BCUT2D eigenvalue weighted by atomic mass is 10.0. The Morgan fingerprint density at radius 3 is 2.50 bits per heavy atom. The summed E-state index contributed by atoms with van der Waals surface area (Å²) in [4.78, 5) is 10.3. The van der Waals surface area contributed by atoms with E-state index in [1.54, 1.807) is 6.20 Å². The largest absolute Gasteiger partial charge is 0.388 e. The molecule has 1 aromatic heterocycles. The van der Waals surface area contributed by atoms with Crippen molar-refractivity contribution in [2.45, 2.75) is 32.4 Å². The van der Waals surface area contributed by atoms with Gasteiger partial charge in [-0.15, -0.1) is 0 Å². The summed E-state index contributed by atoms with van der Waals surface area (Å²) in [7, 11) is 0. The third-order valence-electron chi connectivity index (χ3n) is 3.59. The summed E-state index contributed by atoms with van der Waals surface area (Å²) in [5.41, 5.74) is 0.593. The summed E-state index contributed by atoms with van der Waals surface area (Å²) in [6.07, 6.45) is 3.67. The molecule has 1 N–H and O–H groups in total. The summed E-state index contributed by atoms with van der Waals surface area (Å²) in [5, 5.41) is 19.2. The van der Waals surface area contributed by atoms with Crippen LogP contribution in [0.15, 0.2) is 42.7 Å². The third kappa shape index (κ3) is 4.27. The van der Waals surface area contributed by atoms with Crippen LogP contribution in [0.1, 0.15) is 31.5 Å². The highest BCUT2D eigenvalue weighted by atomic mass is 16.3. The number of hydrogen-bond donors (Lipinski definition) is 1. The molecule has 0 amide bonds. The van der Waals surface area contributed by atoms with Crippen molar-refractivity contribution in [1.82, 2.24) is 9.97 Å². The van der Waals surface area contributed by atoms with Gasteiger partial charge in [0.05, 0.1) is 18.0 Å². The fraction of sp³-hybridized carbons (Fsp3) is 0.353. The van der Waals surface area contributed by atoms with Gasteiger partial charge in [0.25, 0.3) is 0 Å². The second kappa shape index (κ2) is 7.01. The van der Waals surface area contributed by atoms with E-state index in [2.05, 4.69) is 9.97 Å². The van der Waals surface area contributed by atoms with Gasteiger partial charge in [-0.1, -0.05) is 37.3 Å². The van der Waals surface area contributed by atoms with Gasteiger partial charge in [0.2, 0.25) is 0 Å². The monoisotopic (exact) mass is 296 g/mol. The van der Waals surface area contributed by atoms with Crippen molar-refractivity contribution in [1.29, 1.82) is 5.26 Å². The molecular weight excluding hydrogens is 276 g/mol. The van der Waals surface area contributed by atoms with Gasteiger partial charge in [0, 0.05) is 13.1 Å². The first-order valence-electron chi connectivity index (χ1n) is 7.27. The molecule has 1 atom stereocenters. The summed E-state index contributed by atoms with van der Waals surface area (Å²) in [5.74, 6) is 0.650. The van der Waals surface area contributed by atoms with E-state index in [-0.39, 0.29) is 5.69 Å². The molecule has 2 aromatic rings. The average Bonchev–Trinajstić information content (AvgIpc) is 2.55. The van der Waals surface area contributed by atoms with Crippen LogP contribution in [-0.4, -0.2) is 27.2 Å². The van der Waals surface area contributed by atoms with Crippen molar-refractivity contribution in [3.63, 3.8) is 0 Å². The van der Waals surface area contributed by atoms with E-state index in [1.165, 1.54) is 6.20 Å². The first-order valence-corrected chi connectivity index (χ1v) is 7.27. The van der Waals surface area contributed by atoms with Gasteiger partial charge in [0.15, 0.2) is 5.69 Å². The Kier molecular flexibility index (Phi) is 5.08. The molecule has 0 fully saturated rings. The Morgan fingerprint density at radius 1 is 1.23 bits per heavy atom. The van der Waals surface area contributed by atoms with Crippen molar-refractivity contribution < 1.29 is 5.11 Å². The molecule has 22 heavy (non-hydrogen) atoms. The topological polar surface area (TPSA) is 73.0 Å². The molecule has 2 rings (SSSR count). The predicted octanol–water partition coefficient (Wildman–Crippen LogP) is 2.52. The minimum Gasteiger partial charge on any atom is -0.388 e. The molecule has 5 nitrogen and oxygen atoms in total. The van der Waals surface area contributed by atoms with Crippen LogP contribution >= 0.6 is 0 Å². The van der Waals surface area contributed by atoms with E-state index in [9.17, 15) is 5.11 Å². The van der Waals surface area contributed by atoms with Crippen molar-refractivity contribution >= 4 is 5.82 Å². The molecule has 0 saturated heterocycles. The molecule has 0 bridgehead atoms. The number of aliphatic hydroxyl groups is 1. The normalized spacial score (nSPS) is 13.2. The van der Waals surface area contributed by atoms with E-state index in [0.29, 0.717) is 25.3 Å². The van der Waals surface area contributed by atoms with Gasteiger partial charge in [0.1, 0.15) is 11.9 Å². The standard InChI is InChI=1S/C17H20N4O/c1-3-17(2,22)13-21(12-14-7-5-4-6-8-14)16-11-19-15(9-18)10-20-16/h4-8,10-11,22H,3,12-13H2,1-2H3/t17-/m0/s1. The molecule has 5 heteroatoms. The molecule has 0 radical (unpaired) electrons. The number of rotatable bonds is 6. The van der Waals surface area contributed by atoms with E-state index < -0.39 is 5.60 Å². The maximum atomic E-state index is 10.4. The predicted molar refractivity (Wildman–Crippen MR) is 85.2 cm³/mol. The zero-order valence-corrected chi connectivity index (χ0v) is 12.9. The van der Waals surface area contributed by atoms with Crippen LogP contribution in [0.5, 0.6) is 0 Å². The van der Waals surface area contributed by atoms with Crippen LogP contribution in [0, 0.1) is 11.3 Å². The lowest BCUT2D eigenvalue weighted by Crippen LogP contribution is -2.40. The number of aromatic nitrogens is 2. The zero-order valence-electron chi connectivity index (χ0n) is 12.9. The Morgan fingerprint density at radius 2 is 1.95 bits per heavy atom. The second-order valence-electron chi connectivity index (χ2n) is 5.56. The maximum absolute atomic E-state index is 10.4. The van der Waals surface area contributed by atoms with Gasteiger partial charge in [-0.3, -0.25) is 0 Å². The summed E-state index contributed by atoms with van der Waals surface area (Å²) in [6.45, 7) is 4.82. The molecular formula is C17H20N4O. The third-order valence-corrected chi connectivity index (χ3v) is 3.59. The molecule has 1 aromatic carbocycles. The maximum Gasteiger partial charge on any atom is 0.158 e. The van der Waals surface area contributed by atoms with Crippen molar-refractivity contribution in [2.24, 2.45) is 0 Å². The molecule has 0 aliphatic carbocycles. The second-order valence-corrected chi connectivity index (χ2v) is 5.56. The highest BCUT2D eigenvalue weighted by molar-refractivity contribution is 5.39. The minimum atomic E-state index is -0.815. The molecule has 0 unspecified atom stereocenters. The van der Waals surface area contributed by atoms with Crippen molar-refractivity contribution in [3.05, 3.63) is 54.0 Å². The van der Waals surface area contributed by atoms with E-state index in [0.717, 1.165) is 5.56 Å². The summed E-state index contributed by atoms with van der Waals surface area (Å²) in [6, 6.07) is 12.0. The lowest BCUT2D eigenvalue weighted by molar-refractivity contribution is 0.0624. The van der Waals surface area contributed by atoms with E-state index in [1.807, 2.05) is 55.1 Å². The van der Waals surface area contributed by atoms with Crippen LogP contribution in [0.2, 0.25) is 0 Å². The van der Waals surface area contributed by atoms with Crippen molar-refractivity contribution in [2.75, 3.05) is 11.4 Å². The highest BCUT2D eigenvalue weighted by Crippen LogP contribution is 2.19. The lowest BCUT2D eigenvalue weighted by Gasteiger charge is -2.31. The fourth-order valence-corrected chi connectivity index (χ4v) is 2.09. The summed E-state index contributed by atoms with van der Waals surface area (Å²) < 4.78 is 0. The molecule has 0 spiro atoms. The molecule has 114 valence electrons. The summed E-state index contributed by atoms with van der Waals surface area (Å²) >= 11 is 0. The molecule has 1 heterocycles. The Balaban J connectivity index is 2.26. The quantitative estimate of drug-likeness (QED) is 0.886. The van der Waals surface area contributed by atoms with Gasteiger partial charge in [-0.25, -0.2) is 9.97 Å². The zero-order chi connectivity index (χ0) is 16.0. The highest BCUT2D eigenvalue weighted by Gasteiger charge is 2.23. The number of nitrogens with zero attached hydrogens (tertiary/aromatic N) is 4. The molecule has 0 aliphatic rings. The van der Waals surface area contributed by atoms with E-state index in [4.69, 9.17) is 5.26 Å². The number of benzene rings is 1. The van der Waals surface area contributed by atoms with Crippen LogP contribution < -0.4 is 4.90 Å². The van der Waals surface area contributed by atoms with Gasteiger partial charge in [-0.2, -0.15) is 5.26 Å². The average molecular weight is 296 g/mol. The van der Waals surface area contributed by atoms with Gasteiger partial charge < -0.3 is 10.0 Å². The van der Waals surface area contributed by atoms with E-state index >= 15 is 0 Å². The fourth-order valence-electron chi connectivity index (χ4n) is 2.09. The molecule has 0 aliphatic heterocycles. The number of nitriles is 1. The Bertz CT molecular complexity index is 632. The Labute approximate surface area is 130 Å². The smallest absolute Gasteiger partial charge is 0.158 e. The SMILES string of the molecule is CC[C@](C)(O)CN(Cc1ccccc1)c1cnc(C#N)cn1. The van der Waals surface area contributed by atoms with Crippen molar-refractivity contribution in [3.8, 4) is 6.07 Å². The first kappa shape index (κ1) is 15.9. The van der Waals surface area contributed by atoms with Gasteiger partial charge in [-0.05, 0) is 18.9 Å².